The van der Waals surface area contributed by atoms with Crippen LogP contribution in [0, 0.1) is 23.2 Å². The number of aromatic nitrogens is 2. The Morgan fingerprint density at radius 2 is 1.78 bits per heavy atom. The van der Waals surface area contributed by atoms with Gasteiger partial charge in [-0.1, -0.05) is 29.3 Å². The summed E-state index contributed by atoms with van der Waals surface area (Å²) in [5.41, 5.74) is 1.79. The Bertz CT molecular complexity index is 769. The predicted molar refractivity (Wildman–Crippen MR) is 114 cm³/mol. The molecule has 4 aliphatic rings. The van der Waals surface area contributed by atoms with Crippen molar-refractivity contribution in [2.24, 2.45) is 23.2 Å². The van der Waals surface area contributed by atoms with Crippen LogP contribution in [0.5, 0.6) is 0 Å². The molecule has 1 unspecified atom stereocenters. The van der Waals surface area contributed by atoms with Gasteiger partial charge in [0.05, 0.1) is 16.4 Å². The van der Waals surface area contributed by atoms with Crippen LogP contribution in [-0.2, 0) is 12.3 Å². The summed E-state index contributed by atoms with van der Waals surface area (Å²) < 4.78 is 2.28. The first kappa shape index (κ1) is 18.4. The lowest BCUT2D eigenvalue weighted by molar-refractivity contribution is -0.0553. The molecule has 2 nitrogen and oxygen atoms in total. The van der Waals surface area contributed by atoms with Crippen molar-refractivity contribution in [1.29, 1.82) is 0 Å². The maximum atomic E-state index is 6.25. The quantitative estimate of drug-likeness (QED) is 0.516. The van der Waals surface area contributed by atoms with Crippen molar-refractivity contribution >= 4 is 35.0 Å². The summed E-state index contributed by atoms with van der Waals surface area (Å²) in [7, 11) is 0. The van der Waals surface area contributed by atoms with Crippen molar-refractivity contribution < 1.29 is 0 Å². The molecule has 1 atom stereocenters. The highest BCUT2D eigenvalue weighted by Gasteiger charge is 2.54. The lowest BCUT2D eigenvalue weighted by Gasteiger charge is -2.59. The van der Waals surface area contributed by atoms with E-state index in [1.807, 2.05) is 24.7 Å². The third kappa shape index (κ3) is 3.68. The van der Waals surface area contributed by atoms with E-state index >= 15 is 0 Å². The van der Waals surface area contributed by atoms with E-state index in [0.29, 0.717) is 20.7 Å². The minimum Gasteiger partial charge on any atom is -0.336 e. The second-order valence-corrected chi connectivity index (χ2v) is 11.1. The van der Waals surface area contributed by atoms with Crippen LogP contribution in [0.25, 0.3) is 0 Å². The Balaban J connectivity index is 1.38. The monoisotopic (exact) mass is 420 g/mol. The van der Waals surface area contributed by atoms with Gasteiger partial charge in [-0.2, -0.15) is 11.8 Å². The lowest BCUT2D eigenvalue weighted by atomic mass is 9.48. The molecule has 0 N–H and O–H groups in total. The van der Waals surface area contributed by atoms with E-state index in [0.717, 1.165) is 30.1 Å². The number of thioether (sulfide) groups is 1. The highest BCUT2D eigenvalue weighted by Crippen LogP contribution is 2.63. The van der Waals surface area contributed by atoms with Crippen molar-refractivity contribution in [3.63, 3.8) is 0 Å². The van der Waals surface area contributed by atoms with Crippen molar-refractivity contribution in [2.75, 3.05) is 0 Å². The van der Waals surface area contributed by atoms with Crippen molar-refractivity contribution in [3.8, 4) is 0 Å². The average molecular weight is 421 g/mol. The molecule has 0 saturated heterocycles. The van der Waals surface area contributed by atoms with Gasteiger partial charge in [0.15, 0.2) is 0 Å². The first-order valence-electron chi connectivity index (χ1n) is 10.1. The summed E-state index contributed by atoms with van der Waals surface area (Å²) in [5, 5.41) is 1.94. The van der Waals surface area contributed by atoms with Gasteiger partial charge in [0, 0.05) is 29.9 Å². The highest BCUT2D eigenvalue weighted by atomic mass is 35.5. The topological polar surface area (TPSA) is 17.8 Å². The zero-order chi connectivity index (χ0) is 18.4. The molecule has 2 aromatic rings. The van der Waals surface area contributed by atoms with Crippen LogP contribution < -0.4 is 0 Å². The first-order valence-corrected chi connectivity index (χ1v) is 11.9. The maximum absolute atomic E-state index is 6.25. The van der Waals surface area contributed by atoms with Crippen molar-refractivity contribution in [2.45, 2.75) is 56.1 Å². The van der Waals surface area contributed by atoms with Gasteiger partial charge in [-0.25, -0.2) is 4.98 Å². The van der Waals surface area contributed by atoms with Gasteiger partial charge >= 0.3 is 0 Å². The summed E-state index contributed by atoms with van der Waals surface area (Å²) in [4.78, 5) is 4.28. The standard InChI is InChI=1S/C22H26Cl2N2S/c23-19-2-1-15(8-20(19)24)13-27-21(12-26-4-3-25-14-26)22-9-16-5-17(10-22)7-18(6-16)11-22/h1-4,8,14,16-18,21H,5-7,9-13H2. The van der Waals surface area contributed by atoms with E-state index in [-0.39, 0.29) is 0 Å². The third-order valence-corrected chi connectivity index (χ3v) is 9.43. The summed E-state index contributed by atoms with van der Waals surface area (Å²) in [6.07, 6.45) is 14.8. The van der Waals surface area contributed by atoms with Gasteiger partial charge in [0.1, 0.15) is 0 Å². The first-order chi connectivity index (χ1) is 13.1. The fraction of sp³-hybridized carbons (Fsp3) is 0.591. The number of nitrogens with zero attached hydrogens (tertiary/aromatic N) is 2. The fourth-order valence-electron chi connectivity index (χ4n) is 6.41. The van der Waals surface area contributed by atoms with Gasteiger partial charge in [-0.3, -0.25) is 0 Å². The molecule has 4 fully saturated rings. The molecule has 0 spiro atoms. The number of rotatable bonds is 6. The molecule has 6 rings (SSSR count). The molecule has 4 bridgehead atoms. The minimum absolute atomic E-state index is 0.514. The molecular formula is C22H26Cl2N2S. The number of imidazole rings is 1. The SMILES string of the molecule is Clc1ccc(CSC(Cn2ccnc2)C23CC4CC(CC(C4)C2)C3)cc1Cl. The molecule has 1 aromatic carbocycles. The number of benzene rings is 1. The number of hydrogen-bond acceptors (Lipinski definition) is 2. The van der Waals surface area contributed by atoms with Crippen LogP contribution in [0.2, 0.25) is 10.0 Å². The Labute approximate surface area is 176 Å². The molecule has 4 saturated carbocycles. The fourth-order valence-corrected chi connectivity index (χ4v) is 8.22. The molecule has 4 aliphatic carbocycles. The van der Waals surface area contributed by atoms with Crippen molar-refractivity contribution in [3.05, 3.63) is 52.5 Å². The normalized spacial score (nSPS) is 32.7. The van der Waals surface area contributed by atoms with Gasteiger partial charge in [0.2, 0.25) is 0 Å². The van der Waals surface area contributed by atoms with Crippen LogP contribution in [-0.4, -0.2) is 14.8 Å². The van der Waals surface area contributed by atoms with Gasteiger partial charge < -0.3 is 4.57 Å². The number of halogens is 2. The molecule has 0 amide bonds. The molecule has 0 radical (unpaired) electrons. The Hall–Kier alpha value is -0.640. The zero-order valence-electron chi connectivity index (χ0n) is 15.5. The van der Waals surface area contributed by atoms with E-state index in [4.69, 9.17) is 23.2 Å². The molecule has 1 heterocycles. The summed E-state index contributed by atoms with van der Waals surface area (Å²) >= 11 is 14.5. The molecule has 27 heavy (non-hydrogen) atoms. The molecular weight excluding hydrogens is 395 g/mol. The van der Waals surface area contributed by atoms with Crippen LogP contribution in [0.3, 0.4) is 0 Å². The van der Waals surface area contributed by atoms with Crippen LogP contribution >= 0.6 is 35.0 Å². The molecule has 0 aliphatic heterocycles. The smallest absolute Gasteiger partial charge is 0.0946 e. The Morgan fingerprint density at radius 3 is 2.37 bits per heavy atom. The van der Waals surface area contributed by atoms with E-state index in [2.05, 4.69) is 33.6 Å². The van der Waals surface area contributed by atoms with E-state index in [1.54, 1.807) is 0 Å². The largest absolute Gasteiger partial charge is 0.336 e. The molecule has 144 valence electrons. The van der Waals surface area contributed by atoms with E-state index in [9.17, 15) is 0 Å². The summed E-state index contributed by atoms with van der Waals surface area (Å²) in [5.74, 6) is 3.93. The van der Waals surface area contributed by atoms with Crippen LogP contribution in [0.1, 0.15) is 44.1 Å². The maximum Gasteiger partial charge on any atom is 0.0946 e. The summed E-state index contributed by atoms with van der Waals surface area (Å²) in [6.45, 7) is 1.07. The number of hydrogen-bond donors (Lipinski definition) is 0. The molecule has 1 aromatic heterocycles. The third-order valence-electron chi connectivity index (χ3n) is 7.14. The van der Waals surface area contributed by atoms with Crippen LogP contribution in [0.4, 0.5) is 0 Å². The summed E-state index contributed by atoms with van der Waals surface area (Å²) in [6, 6.07) is 6.08. The Kier molecular flexibility index (Phi) is 4.98. The lowest BCUT2D eigenvalue weighted by Crippen LogP contribution is -2.51. The van der Waals surface area contributed by atoms with E-state index in [1.165, 1.54) is 44.1 Å². The second kappa shape index (κ2) is 7.31. The average Bonchev–Trinajstić information content (AvgIpc) is 3.13. The van der Waals surface area contributed by atoms with E-state index < -0.39 is 0 Å². The highest BCUT2D eigenvalue weighted by molar-refractivity contribution is 7.99. The Morgan fingerprint density at radius 1 is 1.07 bits per heavy atom. The molecule has 5 heteroatoms. The van der Waals surface area contributed by atoms with Crippen LogP contribution in [0.15, 0.2) is 36.9 Å². The van der Waals surface area contributed by atoms with Gasteiger partial charge in [0.25, 0.3) is 0 Å². The predicted octanol–water partition coefficient (Wildman–Crippen LogP) is 6.71. The van der Waals surface area contributed by atoms with Crippen molar-refractivity contribution in [1.82, 2.24) is 9.55 Å². The zero-order valence-corrected chi connectivity index (χ0v) is 17.8. The second-order valence-electron chi connectivity index (χ2n) is 9.09. The van der Waals surface area contributed by atoms with Gasteiger partial charge in [-0.05, 0) is 79.4 Å². The minimum atomic E-state index is 0.514. The van der Waals surface area contributed by atoms with Gasteiger partial charge in [-0.15, -0.1) is 0 Å².